The molecule has 1 saturated heterocycles. The molecule has 1 aromatic rings. The fourth-order valence-electron chi connectivity index (χ4n) is 3.30. The molecule has 1 aromatic carbocycles. The molecule has 0 aliphatic carbocycles. The molecule has 3 rings (SSSR count). The summed E-state index contributed by atoms with van der Waals surface area (Å²) < 4.78 is 0. The van der Waals surface area contributed by atoms with Crippen LogP contribution < -0.4 is 0 Å². The molecule has 0 aromatic heterocycles. The largest absolute Gasteiger partial charge is 0.341 e. The van der Waals surface area contributed by atoms with E-state index in [1.165, 1.54) is 17.5 Å². The molecule has 0 bridgehead atoms. The van der Waals surface area contributed by atoms with E-state index in [4.69, 9.17) is 0 Å². The number of aryl methyl sites for hydroxylation is 1. The van der Waals surface area contributed by atoms with Gasteiger partial charge in [-0.05, 0) is 41.6 Å². The van der Waals surface area contributed by atoms with Crippen LogP contribution in [0.1, 0.15) is 36.6 Å². The predicted molar refractivity (Wildman–Crippen MR) is 84.9 cm³/mol. The summed E-state index contributed by atoms with van der Waals surface area (Å²) in [5, 5.41) is 0.0332. The molecule has 0 unspecified atom stereocenters. The van der Waals surface area contributed by atoms with Crippen molar-refractivity contribution in [2.75, 3.05) is 18.8 Å². The van der Waals surface area contributed by atoms with Gasteiger partial charge in [0.25, 0.3) is 0 Å². The van der Waals surface area contributed by atoms with Gasteiger partial charge in [0.15, 0.2) is 0 Å². The molecule has 0 saturated carbocycles. The Morgan fingerprint density at radius 1 is 1.35 bits per heavy atom. The van der Waals surface area contributed by atoms with Gasteiger partial charge in [0.2, 0.25) is 5.91 Å². The van der Waals surface area contributed by atoms with Gasteiger partial charge in [-0.3, -0.25) is 4.79 Å². The molecule has 2 heterocycles. The van der Waals surface area contributed by atoms with Crippen molar-refractivity contribution in [2.24, 2.45) is 11.8 Å². The first-order chi connectivity index (χ1) is 9.66. The lowest BCUT2D eigenvalue weighted by Gasteiger charge is -2.28. The second-order valence-electron chi connectivity index (χ2n) is 6.28. The number of carbonyl (C=O) groups is 1. The van der Waals surface area contributed by atoms with Crippen LogP contribution in [0.2, 0.25) is 0 Å². The third-order valence-corrected chi connectivity index (χ3v) is 5.93. The molecule has 0 radical (unpaired) electrons. The number of rotatable bonds is 2. The SMILES string of the molecule is CC(C)[C@@H]1CCN(C(=O)[C@@H]2SCCc3ccccc32)C1. The molecule has 2 nitrogen and oxygen atoms in total. The van der Waals surface area contributed by atoms with Crippen LogP contribution in [0.4, 0.5) is 0 Å². The summed E-state index contributed by atoms with van der Waals surface area (Å²) in [4.78, 5) is 14.9. The Kier molecular flexibility index (Phi) is 4.06. The molecule has 2 aliphatic rings. The first-order valence-corrected chi connectivity index (χ1v) is 8.70. The van der Waals surface area contributed by atoms with E-state index in [0.29, 0.717) is 17.7 Å². The number of fused-ring (bicyclic) bond motifs is 1. The lowest BCUT2D eigenvalue weighted by Crippen LogP contribution is -2.34. The van der Waals surface area contributed by atoms with Gasteiger partial charge in [0.1, 0.15) is 5.25 Å². The monoisotopic (exact) mass is 289 g/mol. The minimum atomic E-state index is 0.0332. The number of hydrogen-bond acceptors (Lipinski definition) is 2. The smallest absolute Gasteiger partial charge is 0.240 e. The number of hydrogen-bond donors (Lipinski definition) is 0. The van der Waals surface area contributed by atoms with Crippen LogP contribution in [0.25, 0.3) is 0 Å². The fraction of sp³-hybridized carbons (Fsp3) is 0.588. The molecule has 1 amide bonds. The van der Waals surface area contributed by atoms with E-state index in [1.807, 2.05) is 11.8 Å². The summed E-state index contributed by atoms with van der Waals surface area (Å²) in [6.45, 7) is 6.43. The van der Waals surface area contributed by atoms with Crippen molar-refractivity contribution in [3.05, 3.63) is 35.4 Å². The second kappa shape index (κ2) is 5.80. The number of benzene rings is 1. The number of carbonyl (C=O) groups excluding carboxylic acids is 1. The summed E-state index contributed by atoms with van der Waals surface area (Å²) in [7, 11) is 0. The normalized spacial score (nSPS) is 25.9. The van der Waals surface area contributed by atoms with E-state index >= 15 is 0 Å². The summed E-state index contributed by atoms with van der Waals surface area (Å²) >= 11 is 1.82. The van der Waals surface area contributed by atoms with Gasteiger partial charge < -0.3 is 4.90 Å². The van der Waals surface area contributed by atoms with E-state index in [0.717, 1.165) is 25.3 Å². The van der Waals surface area contributed by atoms with Crippen LogP contribution in [-0.4, -0.2) is 29.6 Å². The van der Waals surface area contributed by atoms with E-state index in [1.54, 1.807) is 0 Å². The van der Waals surface area contributed by atoms with Crippen molar-refractivity contribution in [3.63, 3.8) is 0 Å². The third-order valence-electron chi connectivity index (χ3n) is 4.70. The summed E-state index contributed by atoms with van der Waals surface area (Å²) in [6.07, 6.45) is 2.27. The molecular formula is C17H23NOS. The van der Waals surface area contributed by atoms with Crippen LogP contribution in [0.3, 0.4) is 0 Å². The van der Waals surface area contributed by atoms with Crippen molar-refractivity contribution in [1.82, 2.24) is 4.90 Å². The molecule has 3 heteroatoms. The summed E-state index contributed by atoms with van der Waals surface area (Å²) in [6, 6.07) is 8.46. The number of nitrogens with zero attached hydrogens (tertiary/aromatic N) is 1. The number of likely N-dealkylation sites (tertiary alicyclic amines) is 1. The van der Waals surface area contributed by atoms with E-state index < -0.39 is 0 Å². The van der Waals surface area contributed by atoms with Gasteiger partial charge in [0, 0.05) is 13.1 Å². The molecule has 0 spiro atoms. The molecule has 0 N–H and O–H groups in total. The first-order valence-electron chi connectivity index (χ1n) is 7.65. The van der Waals surface area contributed by atoms with Gasteiger partial charge in [-0.15, -0.1) is 11.8 Å². The Labute approximate surface area is 125 Å². The maximum absolute atomic E-state index is 12.8. The number of amides is 1. The quantitative estimate of drug-likeness (QED) is 0.830. The first kappa shape index (κ1) is 14.0. The average Bonchev–Trinajstić information content (AvgIpc) is 2.96. The predicted octanol–water partition coefficient (Wildman–Crippen LogP) is 3.52. The Morgan fingerprint density at radius 3 is 2.90 bits per heavy atom. The Hall–Kier alpha value is -0.960. The number of thioether (sulfide) groups is 1. The highest BCUT2D eigenvalue weighted by atomic mass is 32.2. The minimum Gasteiger partial charge on any atom is -0.341 e. The van der Waals surface area contributed by atoms with E-state index in [9.17, 15) is 4.79 Å². The Morgan fingerprint density at radius 2 is 2.15 bits per heavy atom. The van der Waals surface area contributed by atoms with Gasteiger partial charge in [0.05, 0.1) is 0 Å². The van der Waals surface area contributed by atoms with Crippen molar-refractivity contribution in [1.29, 1.82) is 0 Å². The maximum Gasteiger partial charge on any atom is 0.240 e. The fourth-order valence-corrected chi connectivity index (χ4v) is 4.57. The van der Waals surface area contributed by atoms with Crippen LogP contribution in [0, 0.1) is 11.8 Å². The minimum absolute atomic E-state index is 0.0332. The molecule has 20 heavy (non-hydrogen) atoms. The average molecular weight is 289 g/mol. The van der Waals surface area contributed by atoms with Crippen molar-refractivity contribution in [3.8, 4) is 0 Å². The highest BCUT2D eigenvalue weighted by Gasteiger charge is 2.34. The van der Waals surface area contributed by atoms with E-state index in [2.05, 4.69) is 43.0 Å². The highest BCUT2D eigenvalue weighted by molar-refractivity contribution is 8.00. The molecule has 2 aliphatic heterocycles. The highest BCUT2D eigenvalue weighted by Crippen LogP contribution is 2.39. The molecule has 108 valence electrons. The topological polar surface area (TPSA) is 20.3 Å². The Bertz CT molecular complexity index is 500. The van der Waals surface area contributed by atoms with Gasteiger partial charge in [-0.25, -0.2) is 0 Å². The molecule has 2 atom stereocenters. The maximum atomic E-state index is 12.8. The zero-order valence-corrected chi connectivity index (χ0v) is 13.2. The van der Waals surface area contributed by atoms with Gasteiger partial charge in [-0.1, -0.05) is 38.1 Å². The van der Waals surface area contributed by atoms with Gasteiger partial charge in [-0.2, -0.15) is 0 Å². The van der Waals surface area contributed by atoms with Gasteiger partial charge >= 0.3 is 0 Å². The van der Waals surface area contributed by atoms with Crippen molar-refractivity contribution < 1.29 is 4.79 Å². The van der Waals surface area contributed by atoms with Crippen molar-refractivity contribution >= 4 is 17.7 Å². The van der Waals surface area contributed by atoms with Crippen molar-refractivity contribution in [2.45, 2.75) is 31.9 Å². The second-order valence-corrected chi connectivity index (χ2v) is 7.49. The van der Waals surface area contributed by atoms with Crippen LogP contribution in [0.5, 0.6) is 0 Å². The van der Waals surface area contributed by atoms with Crippen LogP contribution in [0.15, 0.2) is 24.3 Å². The lowest BCUT2D eigenvalue weighted by molar-refractivity contribution is -0.129. The Balaban J connectivity index is 1.76. The third kappa shape index (κ3) is 2.60. The summed E-state index contributed by atoms with van der Waals surface area (Å²) in [5.74, 6) is 2.77. The summed E-state index contributed by atoms with van der Waals surface area (Å²) in [5.41, 5.74) is 2.62. The molecule has 1 fully saturated rings. The standard InChI is InChI=1S/C17H23NOS/c1-12(2)14-7-9-18(11-14)17(19)16-15-6-4-3-5-13(15)8-10-20-16/h3-6,12,14,16H,7-11H2,1-2H3/t14-,16-/m1/s1. The van der Waals surface area contributed by atoms with Crippen LogP contribution >= 0.6 is 11.8 Å². The zero-order chi connectivity index (χ0) is 14.1. The van der Waals surface area contributed by atoms with Crippen LogP contribution in [-0.2, 0) is 11.2 Å². The molecular weight excluding hydrogens is 266 g/mol. The van der Waals surface area contributed by atoms with E-state index in [-0.39, 0.29) is 5.25 Å². The zero-order valence-electron chi connectivity index (χ0n) is 12.3. The lowest BCUT2D eigenvalue weighted by atomic mass is 9.95.